The monoisotopic (exact) mass is 257 g/mol. The van der Waals surface area contributed by atoms with Crippen LogP contribution in [0.3, 0.4) is 0 Å². The molecule has 1 fully saturated rings. The molecule has 4 unspecified atom stereocenters. The number of hydrogen-bond donors (Lipinski definition) is 3. The summed E-state index contributed by atoms with van der Waals surface area (Å²) in [6.45, 7) is 1.04. The summed E-state index contributed by atoms with van der Waals surface area (Å²) in [5, 5.41) is 32.5. The van der Waals surface area contributed by atoms with Crippen molar-refractivity contribution in [2.24, 2.45) is 0 Å². The average molecular weight is 257 g/mol. The van der Waals surface area contributed by atoms with Gasteiger partial charge in [-0.1, -0.05) is 0 Å². The molecule has 18 heavy (non-hydrogen) atoms. The van der Waals surface area contributed by atoms with E-state index in [2.05, 4.69) is 10.1 Å². The van der Waals surface area contributed by atoms with Crippen molar-refractivity contribution in [3.8, 4) is 0 Å². The number of aromatic nitrogens is 3. The van der Waals surface area contributed by atoms with Gasteiger partial charge in [0.25, 0.3) is 0 Å². The molecule has 0 aromatic carbocycles. The van der Waals surface area contributed by atoms with Gasteiger partial charge in [-0.3, -0.25) is 4.79 Å². The zero-order valence-corrected chi connectivity index (χ0v) is 9.80. The topological polar surface area (TPSA) is 118 Å². The molecule has 0 bridgehead atoms. The average Bonchev–Trinajstić information content (AvgIpc) is 2.82. The summed E-state index contributed by atoms with van der Waals surface area (Å²) in [5.74, 6) is -0.241. The van der Waals surface area contributed by atoms with E-state index in [0.29, 0.717) is 0 Å². The maximum Gasteiger partial charge on any atom is 0.216 e. The lowest BCUT2D eigenvalue weighted by atomic mass is 9.99. The lowest BCUT2D eigenvalue weighted by molar-refractivity contribution is -0.171. The predicted molar refractivity (Wildman–Crippen MR) is 57.9 cm³/mol. The van der Waals surface area contributed by atoms with Crippen LogP contribution in [0.2, 0.25) is 0 Å². The van der Waals surface area contributed by atoms with Crippen molar-refractivity contribution in [3.63, 3.8) is 0 Å². The van der Waals surface area contributed by atoms with Crippen LogP contribution in [-0.4, -0.2) is 67.4 Å². The number of ketones is 1. The number of nitrogens with zero attached hydrogens (tertiary/aromatic N) is 3. The van der Waals surface area contributed by atoms with Crippen molar-refractivity contribution in [1.29, 1.82) is 0 Å². The number of aliphatic hydroxyl groups excluding tert-OH is 3. The smallest absolute Gasteiger partial charge is 0.216 e. The Morgan fingerprint density at radius 2 is 2.28 bits per heavy atom. The van der Waals surface area contributed by atoms with Gasteiger partial charge in [-0.25, -0.2) is 9.67 Å². The first-order valence-corrected chi connectivity index (χ1v) is 5.55. The van der Waals surface area contributed by atoms with Gasteiger partial charge in [0.2, 0.25) is 5.82 Å². The Kier molecular flexibility index (Phi) is 3.71. The fourth-order valence-electron chi connectivity index (χ4n) is 1.86. The number of carbonyl (C=O) groups excluding carboxylic acids is 1. The Hall–Kier alpha value is -1.35. The second kappa shape index (κ2) is 5.11. The summed E-state index contributed by atoms with van der Waals surface area (Å²) in [6.07, 6.45) is -1.86. The van der Waals surface area contributed by atoms with Gasteiger partial charge in [-0.05, 0) is 0 Å². The molecular weight excluding hydrogens is 242 g/mol. The molecule has 100 valence electrons. The third kappa shape index (κ3) is 2.27. The second-order valence-corrected chi connectivity index (χ2v) is 4.21. The highest BCUT2D eigenvalue weighted by atomic mass is 16.5. The normalized spacial score (nSPS) is 32.4. The van der Waals surface area contributed by atoms with Crippen LogP contribution >= 0.6 is 0 Å². The van der Waals surface area contributed by atoms with E-state index in [1.54, 1.807) is 0 Å². The quantitative estimate of drug-likeness (QED) is 0.543. The Balaban J connectivity index is 2.16. The van der Waals surface area contributed by atoms with Crippen molar-refractivity contribution < 1.29 is 24.9 Å². The summed E-state index contributed by atoms with van der Waals surface area (Å²) >= 11 is 0. The SMILES string of the molecule is CC(=O)c1ncn(C2COC(CO)C(O)C2O)n1. The zero-order valence-electron chi connectivity index (χ0n) is 9.80. The number of Topliss-reactive ketones (excluding diaryl/α,β-unsaturated/α-hetero) is 1. The third-order valence-corrected chi connectivity index (χ3v) is 2.95. The maximum atomic E-state index is 11.1. The van der Waals surface area contributed by atoms with E-state index in [4.69, 9.17) is 9.84 Å². The first-order chi connectivity index (χ1) is 8.54. The van der Waals surface area contributed by atoms with Crippen molar-refractivity contribution in [2.45, 2.75) is 31.3 Å². The highest BCUT2D eigenvalue weighted by Crippen LogP contribution is 2.23. The van der Waals surface area contributed by atoms with Crippen LogP contribution in [0.4, 0.5) is 0 Å². The van der Waals surface area contributed by atoms with Crippen molar-refractivity contribution in [1.82, 2.24) is 14.8 Å². The molecule has 1 aromatic rings. The minimum atomic E-state index is -1.21. The lowest BCUT2D eigenvalue weighted by Crippen LogP contribution is -2.52. The maximum absolute atomic E-state index is 11.1. The number of hydrogen-bond acceptors (Lipinski definition) is 7. The second-order valence-electron chi connectivity index (χ2n) is 4.21. The Morgan fingerprint density at radius 1 is 1.56 bits per heavy atom. The van der Waals surface area contributed by atoms with Crippen molar-refractivity contribution in [2.75, 3.05) is 13.2 Å². The molecule has 2 rings (SSSR count). The molecule has 1 aliphatic heterocycles. The van der Waals surface area contributed by atoms with Gasteiger partial charge >= 0.3 is 0 Å². The van der Waals surface area contributed by atoms with Crippen LogP contribution in [0, 0.1) is 0 Å². The van der Waals surface area contributed by atoms with Gasteiger partial charge in [-0.15, -0.1) is 5.10 Å². The molecular formula is C10H15N3O5. The van der Waals surface area contributed by atoms with E-state index in [9.17, 15) is 15.0 Å². The molecule has 1 saturated heterocycles. The van der Waals surface area contributed by atoms with Crippen LogP contribution in [-0.2, 0) is 4.74 Å². The third-order valence-electron chi connectivity index (χ3n) is 2.95. The summed E-state index contributed by atoms with van der Waals surface area (Å²) < 4.78 is 6.50. The number of rotatable bonds is 3. The zero-order chi connectivity index (χ0) is 13.3. The molecule has 0 saturated carbocycles. The van der Waals surface area contributed by atoms with E-state index < -0.39 is 24.4 Å². The largest absolute Gasteiger partial charge is 0.394 e. The van der Waals surface area contributed by atoms with E-state index in [0.717, 1.165) is 0 Å². The molecule has 1 aromatic heterocycles. The number of ether oxygens (including phenoxy) is 1. The molecule has 2 heterocycles. The molecule has 4 atom stereocenters. The first-order valence-electron chi connectivity index (χ1n) is 5.55. The van der Waals surface area contributed by atoms with E-state index in [-0.39, 0.29) is 24.8 Å². The number of aliphatic hydroxyl groups is 3. The van der Waals surface area contributed by atoms with Crippen molar-refractivity contribution in [3.05, 3.63) is 12.2 Å². The molecule has 8 heteroatoms. The lowest BCUT2D eigenvalue weighted by Gasteiger charge is -2.36. The summed E-state index contributed by atoms with van der Waals surface area (Å²) in [7, 11) is 0. The van der Waals surface area contributed by atoms with Gasteiger partial charge in [0.05, 0.1) is 13.2 Å². The number of carbonyl (C=O) groups is 1. The highest BCUT2D eigenvalue weighted by Gasteiger charge is 2.39. The highest BCUT2D eigenvalue weighted by molar-refractivity contribution is 5.89. The van der Waals surface area contributed by atoms with Gasteiger partial charge in [0.15, 0.2) is 5.78 Å². The first kappa shape index (κ1) is 13.1. The van der Waals surface area contributed by atoms with Gasteiger partial charge in [-0.2, -0.15) is 0 Å². The fraction of sp³-hybridized carbons (Fsp3) is 0.700. The molecule has 1 aliphatic rings. The van der Waals surface area contributed by atoms with E-state index >= 15 is 0 Å². The molecule has 8 nitrogen and oxygen atoms in total. The van der Waals surface area contributed by atoms with Crippen LogP contribution in [0.1, 0.15) is 23.6 Å². The van der Waals surface area contributed by atoms with Gasteiger partial charge in [0, 0.05) is 6.92 Å². The Morgan fingerprint density at radius 3 is 2.83 bits per heavy atom. The summed E-state index contributed by atoms with van der Waals surface area (Å²) in [4.78, 5) is 14.9. The molecule has 3 N–H and O–H groups in total. The molecule has 0 spiro atoms. The van der Waals surface area contributed by atoms with Crippen LogP contribution in [0.25, 0.3) is 0 Å². The standard InChI is InChI=1S/C10H15N3O5/c1-5(15)10-11-4-13(12-10)6-3-18-7(2-14)9(17)8(6)16/h4,6-9,14,16-17H,2-3H2,1H3. The van der Waals surface area contributed by atoms with Crippen molar-refractivity contribution >= 4 is 5.78 Å². The molecule has 0 amide bonds. The fourth-order valence-corrected chi connectivity index (χ4v) is 1.86. The Bertz CT molecular complexity index is 435. The van der Waals surface area contributed by atoms with Gasteiger partial charge < -0.3 is 20.1 Å². The minimum Gasteiger partial charge on any atom is -0.394 e. The van der Waals surface area contributed by atoms with E-state index in [1.807, 2.05) is 0 Å². The molecule has 0 aliphatic carbocycles. The van der Waals surface area contributed by atoms with Crippen LogP contribution in [0.15, 0.2) is 6.33 Å². The van der Waals surface area contributed by atoms with E-state index in [1.165, 1.54) is 17.9 Å². The van der Waals surface area contributed by atoms with Gasteiger partial charge in [0.1, 0.15) is 30.7 Å². The van der Waals surface area contributed by atoms with Crippen LogP contribution < -0.4 is 0 Å². The Labute approximate surface area is 103 Å². The molecule has 0 radical (unpaired) electrons. The summed E-state index contributed by atoms with van der Waals surface area (Å²) in [5.41, 5.74) is 0. The predicted octanol–water partition coefficient (Wildman–Crippen LogP) is -1.87. The van der Waals surface area contributed by atoms with Crippen LogP contribution in [0.5, 0.6) is 0 Å². The minimum absolute atomic E-state index is 0.0426. The summed E-state index contributed by atoms with van der Waals surface area (Å²) in [6, 6.07) is -0.636.